The lowest BCUT2D eigenvalue weighted by Gasteiger charge is -2.14. The summed E-state index contributed by atoms with van der Waals surface area (Å²) in [5, 5.41) is 2.70. The SMILES string of the molecule is CCCOc1ccc(C(=O)O[C@H](C)C(=O)NCCc2ccc(F)cc2)cc1. The molecule has 27 heavy (non-hydrogen) atoms. The summed E-state index contributed by atoms with van der Waals surface area (Å²) in [5.74, 6) is -0.570. The van der Waals surface area contributed by atoms with Crippen molar-refractivity contribution in [1.29, 1.82) is 0 Å². The molecule has 1 atom stereocenters. The molecule has 2 rings (SSSR count). The van der Waals surface area contributed by atoms with Crippen molar-refractivity contribution in [3.8, 4) is 5.75 Å². The predicted molar refractivity (Wildman–Crippen MR) is 100 cm³/mol. The Morgan fingerprint density at radius 1 is 1.07 bits per heavy atom. The highest BCUT2D eigenvalue weighted by Crippen LogP contribution is 2.14. The zero-order valence-electron chi connectivity index (χ0n) is 15.5. The third-order valence-electron chi connectivity index (χ3n) is 3.84. The van der Waals surface area contributed by atoms with E-state index >= 15 is 0 Å². The molecule has 0 fully saturated rings. The van der Waals surface area contributed by atoms with E-state index in [0.29, 0.717) is 30.9 Å². The number of benzene rings is 2. The van der Waals surface area contributed by atoms with Crippen LogP contribution in [0.4, 0.5) is 4.39 Å². The molecule has 6 heteroatoms. The highest BCUT2D eigenvalue weighted by molar-refractivity contribution is 5.92. The second kappa shape index (κ2) is 10.3. The van der Waals surface area contributed by atoms with Crippen molar-refractivity contribution in [3.05, 3.63) is 65.5 Å². The van der Waals surface area contributed by atoms with Gasteiger partial charge in [0.2, 0.25) is 0 Å². The third-order valence-corrected chi connectivity index (χ3v) is 3.84. The summed E-state index contributed by atoms with van der Waals surface area (Å²) >= 11 is 0. The van der Waals surface area contributed by atoms with Crippen LogP contribution in [0.15, 0.2) is 48.5 Å². The highest BCUT2D eigenvalue weighted by atomic mass is 19.1. The van der Waals surface area contributed by atoms with Crippen LogP contribution in [-0.2, 0) is 16.0 Å². The first-order chi connectivity index (χ1) is 13.0. The molecule has 0 saturated heterocycles. The van der Waals surface area contributed by atoms with Crippen LogP contribution in [0, 0.1) is 5.82 Å². The van der Waals surface area contributed by atoms with E-state index in [9.17, 15) is 14.0 Å². The largest absolute Gasteiger partial charge is 0.494 e. The first kappa shape index (κ1) is 20.4. The fourth-order valence-corrected chi connectivity index (χ4v) is 2.31. The van der Waals surface area contributed by atoms with E-state index in [1.165, 1.54) is 19.1 Å². The van der Waals surface area contributed by atoms with Crippen molar-refractivity contribution in [1.82, 2.24) is 5.32 Å². The summed E-state index contributed by atoms with van der Waals surface area (Å²) in [6.07, 6.45) is 0.547. The van der Waals surface area contributed by atoms with E-state index in [-0.39, 0.29) is 11.7 Å². The lowest BCUT2D eigenvalue weighted by Crippen LogP contribution is -2.36. The van der Waals surface area contributed by atoms with Gasteiger partial charge in [-0.25, -0.2) is 9.18 Å². The molecule has 0 unspecified atom stereocenters. The minimum atomic E-state index is -0.915. The first-order valence-corrected chi connectivity index (χ1v) is 8.95. The minimum Gasteiger partial charge on any atom is -0.494 e. The average Bonchev–Trinajstić information content (AvgIpc) is 2.68. The summed E-state index contributed by atoms with van der Waals surface area (Å²) in [6.45, 7) is 4.51. The summed E-state index contributed by atoms with van der Waals surface area (Å²) < 4.78 is 23.5. The maximum atomic E-state index is 12.9. The van der Waals surface area contributed by atoms with Crippen LogP contribution in [0.5, 0.6) is 5.75 Å². The monoisotopic (exact) mass is 373 g/mol. The quantitative estimate of drug-likeness (QED) is 0.683. The highest BCUT2D eigenvalue weighted by Gasteiger charge is 2.18. The number of halogens is 1. The van der Waals surface area contributed by atoms with Crippen molar-refractivity contribution in [2.45, 2.75) is 32.8 Å². The fourth-order valence-electron chi connectivity index (χ4n) is 2.31. The lowest BCUT2D eigenvalue weighted by atomic mass is 10.1. The molecule has 144 valence electrons. The Hall–Kier alpha value is -2.89. The molecule has 0 aliphatic heterocycles. The van der Waals surface area contributed by atoms with Gasteiger partial charge in [-0.15, -0.1) is 0 Å². The van der Waals surface area contributed by atoms with Crippen LogP contribution in [0.2, 0.25) is 0 Å². The Bertz CT molecular complexity index is 744. The average molecular weight is 373 g/mol. The molecule has 1 amide bonds. The van der Waals surface area contributed by atoms with E-state index in [2.05, 4.69) is 5.32 Å². The van der Waals surface area contributed by atoms with E-state index in [1.54, 1.807) is 36.4 Å². The van der Waals surface area contributed by atoms with E-state index in [0.717, 1.165) is 12.0 Å². The van der Waals surface area contributed by atoms with E-state index in [4.69, 9.17) is 9.47 Å². The van der Waals surface area contributed by atoms with Crippen LogP contribution in [-0.4, -0.2) is 31.1 Å². The number of ether oxygens (including phenoxy) is 2. The molecule has 0 aliphatic carbocycles. The van der Waals surface area contributed by atoms with Gasteiger partial charge in [-0.05, 0) is 61.7 Å². The Labute approximate surface area is 158 Å². The minimum absolute atomic E-state index is 0.298. The zero-order valence-corrected chi connectivity index (χ0v) is 15.5. The molecule has 0 spiro atoms. The van der Waals surface area contributed by atoms with Crippen molar-refractivity contribution in [2.75, 3.05) is 13.2 Å². The Morgan fingerprint density at radius 2 is 1.74 bits per heavy atom. The van der Waals surface area contributed by atoms with Gasteiger partial charge in [-0.1, -0.05) is 19.1 Å². The standard InChI is InChI=1S/C21H24FNO4/c1-3-14-26-19-10-6-17(7-11-19)21(25)27-15(2)20(24)23-13-12-16-4-8-18(22)9-5-16/h4-11,15H,3,12-14H2,1-2H3,(H,23,24)/t15-/m1/s1. The van der Waals surface area contributed by atoms with Gasteiger partial charge in [-0.3, -0.25) is 4.79 Å². The van der Waals surface area contributed by atoms with Gasteiger partial charge in [0.05, 0.1) is 12.2 Å². The molecule has 5 nitrogen and oxygen atoms in total. The molecule has 0 bridgehead atoms. The van der Waals surface area contributed by atoms with Crippen LogP contribution in [0.25, 0.3) is 0 Å². The van der Waals surface area contributed by atoms with E-state index in [1.807, 2.05) is 6.92 Å². The number of amides is 1. The summed E-state index contributed by atoms with van der Waals surface area (Å²) in [7, 11) is 0. The fraction of sp³-hybridized carbons (Fsp3) is 0.333. The summed E-state index contributed by atoms with van der Waals surface area (Å²) in [5.41, 5.74) is 1.26. The van der Waals surface area contributed by atoms with Crippen LogP contribution in [0.1, 0.15) is 36.2 Å². The number of esters is 1. The predicted octanol–water partition coefficient (Wildman–Crippen LogP) is 3.52. The van der Waals surface area contributed by atoms with Crippen molar-refractivity contribution in [3.63, 3.8) is 0 Å². The molecule has 0 aromatic heterocycles. The smallest absolute Gasteiger partial charge is 0.338 e. The molecular formula is C21H24FNO4. The van der Waals surface area contributed by atoms with Crippen LogP contribution >= 0.6 is 0 Å². The number of carbonyl (C=O) groups excluding carboxylic acids is 2. The second-order valence-corrected chi connectivity index (χ2v) is 6.09. The molecule has 0 aliphatic rings. The van der Waals surface area contributed by atoms with Gasteiger partial charge in [0.15, 0.2) is 6.10 Å². The Kier molecular flexibility index (Phi) is 7.79. The van der Waals surface area contributed by atoms with E-state index < -0.39 is 12.1 Å². The van der Waals surface area contributed by atoms with Crippen molar-refractivity contribution in [2.24, 2.45) is 0 Å². The van der Waals surface area contributed by atoms with Gasteiger partial charge in [0.25, 0.3) is 5.91 Å². The Morgan fingerprint density at radius 3 is 2.37 bits per heavy atom. The maximum absolute atomic E-state index is 12.9. The van der Waals surface area contributed by atoms with Gasteiger partial charge in [0.1, 0.15) is 11.6 Å². The maximum Gasteiger partial charge on any atom is 0.338 e. The van der Waals surface area contributed by atoms with Crippen LogP contribution < -0.4 is 10.1 Å². The number of hydrogen-bond acceptors (Lipinski definition) is 4. The lowest BCUT2D eigenvalue weighted by molar-refractivity contribution is -0.129. The normalized spacial score (nSPS) is 11.5. The van der Waals surface area contributed by atoms with Gasteiger partial charge < -0.3 is 14.8 Å². The second-order valence-electron chi connectivity index (χ2n) is 6.09. The third kappa shape index (κ3) is 6.73. The zero-order chi connectivity index (χ0) is 19.6. The Balaban J connectivity index is 1.77. The van der Waals surface area contributed by atoms with Crippen LogP contribution in [0.3, 0.4) is 0 Å². The number of hydrogen-bond donors (Lipinski definition) is 1. The number of rotatable bonds is 9. The van der Waals surface area contributed by atoms with Gasteiger partial charge in [-0.2, -0.15) is 0 Å². The van der Waals surface area contributed by atoms with Gasteiger partial charge >= 0.3 is 5.97 Å². The van der Waals surface area contributed by atoms with Gasteiger partial charge in [0, 0.05) is 6.54 Å². The first-order valence-electron chi connectivity index (χ1n) is 8.95. The molecule has 2 aromatic rings. The number of carbonyl (C=O) groups is 2. The topological polar surface area (TPSA) is 64.6 Å². The van der Waals surface area contributed by atoms with Crippen molar-refractivity contribution < 1.29 is 23.5 Å². The molecule has 0 radical (unpaired) electrons. The van der Waals surface area contributed by atoms with Crippen molar-refractivity contribution >= 4 is 11.9 Å². The molecule has 2 aromatic carbocycles. The summed E-state index contributed by atoms with van der Waals surface area (Å²) in [6, 6.07) is 12.7. The molecule has 1 N–H and O–H groups in total. The number of nitrogens with one attached hydrogen (secondary N) is 1. The summed E-state index contributed by atoms with van der Waals surface area (Å²) in [4.78, 5) is 24.2. The molecule has 0 saturated carbocycles. The molecular weight excluding hydrogens is 349 g/mol. The molecule has 0 heterocycles.